The molecule has 1 aliphatic heterocycles. The highest BCUT2D eigenvalue weighted by molar-refractivity contribution is 5.37. The van der Waals surface area contributed by atoms with Crippen LogP contribution in [0.1, 0.15) is 38.8 Å². The molecule has 3 nitrogen and oxygen atoms in total. The van der Waals surface area contributed by atoms with Crippen molar-refractivity contribution in [3.8, 4) is 5.75 Å². The standard InChI is InChI=1S/C15H24N2O/c1-15(2,3)17-10-9-16-13-8-11-18-14-7-5-4-6-12(13)14/h4-7,13,16-17H,8-11H2,1-3H3. The van der Waals surface area contributed by atoms with Crippen LogP contribution in [0.15, 0.2) is 24.3 Å². The lowest BCUT2D eigenvalue weighted by Crippen LogP contribution is -2.41. The van der Waals surface area contributed by atoms with Crippen molar-refractivity contribution in [2.45, 2.75) is 38.8 Å². The molecule has 1 heterocycles. The Hall–Kier alpha value is -1.06. The molecule has 0 bridgehead atoms. The number of para-hydroxylation sites is 1. The first-order chi connectivity index (χ1) is 8.56. The number of hydrogen-bond acceptors (Lipinski definition) is 3. The van der Waals surface area contributed by atoms with E-state index in [1.165, 1.54) is 5.56 Å². The number of fused-ring (bicyclic) bond motifs is 1. The van der Waals surface area contributed by atoms with E-state index in [1.54, 1.807) is 0 Å². The third kappa shape index (κ3) is 3.72. The lowest BCUT2D eigenvalue weighted by atomic mass is 10.0. The summed E-state index contributed by atoms with van der Waals surface area (Å²) < 4.78 is 5.66. The van der Waals surface area contributed by atoms with Crippen molar-refractivity contribution in [1.29, 1.82) is 0 Å². The molecule has 3 heteroatoms. The van der Waals surface area contributed by atoms with Gasteiger partial charge in [-0.1, -0.05) is 18.2 Å². The molecule has 0 amide bonds. The molecule has 2 rings (SSSR count). The number of benzene rings is 1. The second-order valence-electron chi connectivity index (χ2n) is 5.86. The van der Waals surface area contributed by atoms with Gasteiger partial charge in [-0.15, -0.1) is 0 Å². The largest absolute Gasteiger partial charge is 0.493 e. The molecule has 1 aromatic carbocycles. The van der Waals surface area contributed by atoms with E-state index in [4.69, 9.17) is 4.74 Å². The third-order valence-electron chi connectivity index (χ3n) is 3.13. The Bertz CT molecular complexity index is 384. The van der Waals surface area contributed by atoms with E-state index in [2.05, 4.69) is 49.6 Å². The summed E-state index contributed by atoms with van der Waals surface area (Å²) in [7, 11) is 0. The van der Waals surface area contributed by atoms with Crippen molar-refractivity contribution in [1.82, 2.24) is 10.6 Å². The fourth-order valence-electron chi connectivity index (χ4n) is 2.24. The van der Waals surface area contributed by atoms with Crippen LogP contribution in [-0.4, -0.2) is 25.2 Å². The van der Waals surface area contributed by atoms with Crippen LogP contribution in [0.2, 0.25) is 0 Å². The van der Waals surface area contributed by atoms with E-state index in [0.717, 1.165) is 31.9 Å². The topological polar surface area (TPSA) is 33.3 Å². The van der Waals surface area contributed by atoms with Crippen LogP contribution in [0.4, 0.5) is 0 Å². The van der Waals surface area contributed by atoms with Gasteiger partial charge in [-0.3, -0.25) is 0 Å². The fraction of sp³-hybridized carbons (Fsp3) is 0.600. The van der Waals surface area contributed by atoms with Gasteiger partial charge >= 0.3 is 0 Å². The van der Waals surface area contributed by atoms with Gasteiger partial charge in [0.1, 0.15) is 5.75 Å². The third-order valence-corrected chi connectivity index (χ3v) is 3.13. The van der Waals surface area contributed by atoms with Gasteiger partial charge in [0.05, 0.1) is 6.61 Å². The number of hydrogen-bond donors (Lipinski definition) is 2. The summed E-state index contributed by atoms with van der Waals surface area (Å²) in [5.41, 5.74) is 1.48. The predicted octanol–water partition coefficient (Wildman–Crippen LogP) is 2.49. The van der Waals surface area contributed by atoms with Gasteiger partial charge < -0.3 is 15.4 Å². The van der Waals surface area contributed by atoms with Crippen LogP contribution in [-0.2, 0) is 0 Å². The minimum atomic E-state index is 0.190. The van der Waals surface area contributed by atoms with Gasteiger partial charge in [-0.25, -0.2) is 0 Å². The van der Waals surface area contributed by atoms with Crippen LogP contribution < -0.4 is 15.4 Å². The average molecular weight is 248 g/mol. The van der Waals surface area contributed by atoms with Crippen molar-refractivity contribution in [3.05, 3.63) is 29.8 Å². The Morgan fingerprint density at radius 2 is 2.00 bits per heavy atom. The summed E-state index contributed by atoms with van der Waals surface area (Å²) in [4.78, 5) is 0. The van der Waals surface area contributed by atoms with Crippen LogP contribution in [0.25, 0.3) is 0 Å². The smallest absolute Gasteiger partial charge is 0.124 e. The normalized spacial score (nSPS) is 19.2. The lowest BCUT2D eigenvalue weighted by molar-refractivity contribution is 0.252. The molecular formula is C15H24N2O. The average Bonchev–Trinajstić information content (AvgIpc) is 2.33. The van der Waals surface area contributed by atoms with Gasteiger partial charge in [0.15, 0.2) is 0 Å². The Balaban J connectivity index is 1.84. The lowest BCUT2D eigenvalue weighted by Gasteiger charge is -2.27. The summed E-state index contributed by atoms with van der Waals surface area (Å²) >= 11 is 0. The van der Waals surface area contributed by atoms with Crippen molar-refractivity contribution in [2.75, 3.05) is 19.7 Å². The van der Waals surface area contributed by atoms with E-state index in [0.29, 0.717) is 6.04 Å². The summed E-state index contributed by atoms with van der Waals surface area (Å²) in [5, 5.41) is 7.10. The molecule has 1 atom stereocenters. The van der Waals surface area contributed by atoms with Gasteiger partial charge in [-0.05, 0) is 26.8 Å². The molecule has 0 saturated heterocycles. The Morgan fingerprint density at radius 1 is 1.22 bits per heavy atom. The highest BCUT2D eigenvalue weighted by Gasteiger charge is 2.20. The van der Waals surface area contributed by atoms with E-state index in [-0.39, 0.29) is 5.54 Å². The first-order valence-corrected chi connectivity index (χ1v) is 6.76. The van der Waals surface area contributed by atoms with Crippen molar-refractivity contribution < 1.29 is 4.74 Å². The van der Waals surface area contributed by atoms with Crippen molar-refractivity contribution in [3.63, 3.8) is 0 Å². The second kappa shape index (κ2) is 5.72. The quantitative estimate of drug-likeness (QED) is 0.803. The van der Waals surface area contributed by atoms with E-state index in [9.17, 15) is 0 Å². The molecule has 0 radical (unpaired) electrons. The molecule has 0 spiro atoms. The van der Waals surface area contributed by atoms with E-state index >= 15 is 0 Å². The second-order valence-corrected chi connectivity index (χ2v) is 5.86. The number of nitrogens with one attached hydrogen (secondary N) is 2. The summed E-state index contributed by atoms with van der Waals surface area (Å²) in [5.74, 6) is 1.03. The maximum Gasteiger partial charge on any atom is 0.124 e. The molecule has 1 unspecified atom stereocenters. The van der Waals surface area contributed by atoms with Crippen LogP contribution in [0.3, 0.4) is 0 Å². The molecule has 18 heavy (non-hydrogen) atoms. The highest BCUT2D eigenvalue weighted by Crippen LogP contribution is 2.31. The zero-order chi connectivity index (χ0) is 13.0. The monoisotopic (exact) mass is 248 g/mol. The van der Waals surface area contributed by atoms with Gasteiger partial charge in [0.2, 0.25) is 0 Å². The van der Waals surface area contributed by atoms with Crippen LogP contribution >= 0.6 is 0 Å². The number of rotatable bonds is 4. The minimum absolute atomic E-state index is 0.190. The highest BCUT2D eigenvalue weighted by atomic mass is 16.5. The molecule has 1 aliphatic rings. The minimum Gasteiger partial charge on any atom is -0.493 e. The summed E-state index contributed by atoms with van der Waals surface area (Å²) in [6.07, 6.45) is 1.05. The molecule has 0 fully saturated rings. The van der Waals surface area contributed by atoms with Gasteiger partial charge in [0.25, 0.3) is 0 Å². The fourth-order valence-corrected chi connectivity index (χ4v) is 2.24. The molecule has 100 valence electrons. The Labute approximate surface area is 110 Å². The molecule has 0 aliphatic carbocycles. The maximum absolute atomic E-state index is 5.66. The first-order valence-electron chi connectivity index (χ1n) is 6.76. The van der Waals surface area contributed by atoms with Crippen molar-refractivity contribution in [2.24, 2.45) is 0 Å². The van der Waals surface area contributed by atoms with Crippen LogP contribution in [0, 0.1) is 0 Å². The molecular weight excluding hydrogens is 224 g/mol. The Morgan fingerprint density at radius 3 is 2.78 bits per heavy atom. The first kappa shape index (κ1) is 13.4. The maximum atomic E-state index is 5.66. The van der Waals surface area contributed by atoms with Crippen LogP contribution in [0.5, 0.6) is 5.75 Å². The molecule has 2 N–H and O–H groups in total. The van der Waals surface area contributed by atoms with Gasteiger partial charge in [0, 0.05) is 36.7 Å². The zero-order valence-corrected chi connectivity index (χ0v) is 11.6. The SMILES string of the molecule is CC(C)(C)NCCNC1CCOc2ccccc21. The molecule has 1 aromatic rings. The summed E-state index contributed by atoms with van der Waals surface area (Å²) in [6.45, 7) is 9.35. The van der Waals surface area contributed by atoms with E-state index in [1.807, 2.05) is 6.07 Å². The molecule has 0 saturated carbocycles. The Kier molecular flexibility index (Phi) is 4.25. The summed E-state index contributed by atoms with van der Waals surface area (Å²) in [6, 6.07) is 8.74. The predicted molar refractivity (Wildman–Crippen MR) is 75.1 cm³/mol. The number of ether oxygens (including phenoxy) is 1. The molecule has 0 aromatic heterocycles. The van der Waals surface area contributed by atoms with E-state index < -0.39 is 0 Å². The van der Waals surface area contributed by atoms with Gasteiger partial charge in [-0.2, -0.15) is 0 Å². The van der Waals surface area contributed by atoms with Crippen molar-refractivity contribution >= 4 is 0 Å². The zero-order valence-electron chi connectivity index (χ0n) is 11.6.